The maximum atomic E-state index is 12.6. The van der Waals surface area contributed by atoms with E-state index in [4.69, 9.17) is 0 Å². The Bertz CT molecular complexity index is 702. The largest absolute Gasteiger partial charge is 0.416 e. The molecule has 0 spiro atoms. The number of benzene rings is 2. The molecule has 0 N–H and O–H groups in total. The summed E-state index contributed by atoms with van der Waals surface area (Å²) in [5.41, 5.74) is -1.68. The molecule has 0 aliphatic heterocycles. The molecule has 2 nitrogen and oxygen atoms in total. The molecular weight excluding hydrogens is 348 g/mol. The fourth-order valence-corrected chi connectivity index (χ4v) is 2.09. The van der Waals surface area contributed by atoms with Gasteiger partial charge in [0, 0.05) is 11.4 Å². The van der Waals surface area contributed by atoms with Crippen LogP contribution < -0.4 is 4.90 Å². The normalized spacial score (nSPS) is 11.9. The zero-order valence-electron chi connectivity index (χ0n) is 12.5. The average molecular weight is 359 g/mol. The minimum Gasteiger partial charge on any atom is -0.278 e. The van der Waals surface area contributed by atoms with Crippen LogP contribution >= 0.6 is 0 Å². The van der Waals surface area contributed by atoms with Crippen molar-refractivity contribution in [1.82, 2.24) is 0 Å². The van der Waals surface area contributed by atoms with E-state index >= 15 is 0 Å². The first-order valence-electron chi connectivity index (χ1n) is 6.85. The van der Waals surface area contributed by atoms with E-state index in [0.717, 1.165) is 59.5 Å². The van der Waals surface area contributed by atoms with Crippen molar-refractivity contribution in [1.29, 1.82) is 0 Å². The quantitative estimate of drug-likeness (QED) is 0.518. The topological polar surface area (TPSA) is 20.3 Å². The Hall–Kier alpha value is -2.77. The van der Waals surface area contributed by atoms with Gasteiger partial charge in [-0.1, -0.05) is 6.58 Å². The number of nitrogens with zero attached hydrogens (tertiary/aromatic N) is 1. The summed E-state index contributed by atoms with van der Waals surface area (Å²) in [7, 11) is 0. The Balaban J connectivity index is 2.43. The maximum absolute atomic E-state index is 12.6. The SMILES string of the molecule is C=CC(=O)N(c1ccc(C(F)(F)F)cc1)c1ccc(C(F)(F)F)cc1. The summed E-state index contributed by atoms with van der Waals surface area (Å²) in [4.78, 5) is 13.0. The molecule has 0 aromatic heterocycles. The standard InChI is InChI=1S/C17H11F6NO/c1-2-15(25)24(13-7-3-11(4-8-13)16(18,19)20)14-9-5-12(6-10-14)17(21,22)23/h2-10H,1H2. The zero-order chi connectivity index (χ0) is 18.8. The fourth-order valence-electron chi connectivity index (χ4n) is 2.09. The number of anilines is 2. The summed E-state index contributed by atoms with van der Waals surface area (Å²) in [6.45, 7) is 3.29. The molecule has 8 heteroatoms. The number of carbonyl (C=O) groups is 1. The number of hydrogen-bond acceptors (Lipinski definition) is 1. The predicted octanol–water partition coefficient (Wildman–Crippen LogP) is 5.57. The smallest absolute Gasteiger partial charge is 0.278 e. The Morgan fingerprint density at radius 1 is 0.760 bits per heavy atom. The van der Waals surface area contributed by atoms with Crippen molar-refractivity contribution in [3.8, 4) is 0 Å². The summed E-state index contributed by atoms with van der Waals surface area (Å²) >= 11 is 0. The van der Waals surface area contributed by atoms with Gasteiger partial charge in [-0.3, -0.25) is 9.69 Å². The molecule has 2 aromatic carbocycles. The number of alkyl halides is 6. The van der Waals surface area contributed by atoms with Crippen molar-refractivity contribution >= 4 is 17.3 Å². The maximum Gasteiger partial charge on any atom is 0.416 e. The van der Waals surface area contributed by atoms with Crippen LogP contribution in [0.2, 0.25) is 0 Å². The van der Waals surface area contributed by atoms with E-state index in [1.807, 2.05) is 0 Å². The van der Waals surface area contributed by atoms with Crippen molar-refractivity contribution in [2.45, 2.75) is 12.4 Å². The van der Waals surface area contributed by atoms with Gasteiger partial charge < -0.3 is 0 Å². The minimum absolute atomic E-state index is 0.0673. The molecule has 0 aliphatic rings. The molecule has 2 rings (SSSR count). The highest BCUT2D eigenvalue weighted by molar-refractivity contribution is 6.06. The van der Waals surface area contributed by atoms with Crippen LogP contribution in [0.4, 0.5) is 37.7 Å². The number of amides is 1. The van der Waals surface area contributed by atoms with Crippen LogP contribution in [0.3, 0.4) is 0 Å². The van der Waals surface area contributed by atoms with E-state index in [2.05, 4.69) is 6.58 Å². The summed E-state index contributed by atoms with van der Waals surface area (Å²) < 4.78 is 75.7. The molecule has 0 aliphatic carbocycles. The first-order valence-corrected chi connectivity index (χ1v) is 6.85. The molecule has 0 fully saturated rings. The first-order chi connectivity index (χ1) is 11.5. The van der Waals surface area contributed by atoms with Crippen molar-refractivity contribution in [2.24, 2.45) is 0 Å². The summed E-state index contributed by atoms with van der Waals surface area (Å²) in [6, 6.07) is 7.35. The number of hydrogen-bond donors (Lipinski definition) is 0. The average Bonchev–Trinajstić information content (AvgIpc) is 2.54. The van der Waals surface area contributed by atoms with E-state index < -0.39 is 29.4 Å². The van der Waals surface area contributed by atoms with Gasteiger partial charge in [0.25, 0.3) is 5.91 Å². The van der Waals surface area contributed by atoms with E-state index in [0.29, 0.717) is 0 Å². The van der Waals surface area contributed by atoms with Gasteiger partial charge in [-0.05, 0) is 54.6 Å². The second kappa shape index (κ2) is 6.62. The second-order valence-corrected chi connectivity index (χ2v) is 4.97. The van der Waals surface area contributed by atoms with Gasteiger partial charge in [-0.25, -0.2) is 0 Å². The van der Waals surface area contributed by atoms with Crippen molar-refractivity contribution in [3.05, 3.63) is 72.3 Å². The van der Waals surface area contributed by atoms with Crippen molar-refractivity contribution in [2.75, 3.05) is 4.90 Å². The second-order valence-electron chi connectivity index (χ2n) is 4.97. The molecule has 0 atom stereocenters. The third kappa shape index (κ3) is 4.20. The van der Waals surface area contributed by atoms with Crippen LogP contribution in [0, 0.1) is 0 Å². The van der Waals surface area contributed by atoms with E-state index in [1.54, 1.807) is 0 Å². The molecule has 25 heavy (non-hydrogen) atoms. The highest BCUT2D eigenvalue weighted by Gasteiger charge is 2.31. The third-order valence-corrected chi connectivity index (χ3v) is 3.30. The summed E-state index contributed by atoms with van der Waals surface area (Å²) in [5, 5.41) is 0. The minimum atomic E-state index is -4.54. The molecule has 0 unspecified atom stereocenters. The highest BCUT2D eigenvalue weighted by atomic mass is 19.4. The molecule has 1 amide bonds. The lowest BCUT2D eigenvalue weighted by Gasteiger charge is -2.22. The van der Waals surface area contributed by atoms with Gasteiger partial charge >= 0.3 is 12.4 Å². The lowest BCUT2D eigenvalue weighted by atomic mass is 10.1. The van der Waals surface area contributed by atoms with Crippen molar-refractivity contribution < 1.29 is 31.1 Å². The molecule has 0 radical (unpaired) electrons. The van der Waals surface area contributed by atoms with Gasteiger partial charge in [0.15, 0.2) is 0 Å². The highest BCUT2D eigenvalue weighted by Crippen LogP contribution is 2.34. The summed E-state index contributed by atoms with van der Waals surface area (Å²) in [5.74, 6) is -0.695. The monoisotopic (exact) mass is 359 g/mol. The molecule has 2 aromatic rings. The third-order valence-electron chi connectivity index (χ3n) is 3.30. The van der Waals surface area contributed by atoms with Gasteiger partial charge in [0.05, 0.1) is 11.1 Å². The van der Waals surface area contributed by atoms with Crippen LogP contribution in [0.1, 0.15) is 11.1 Å². The van der Waals surface area contributed by atoms with Gasteiger partial charge in [-0.15, -0.1) is 0 Å². The van der Waals surface area contributed by atoms with Crippen LogP contribution in [-0.4, -0.2) is 5.91 Å². The molecule has 0 bridgehead atoms. The van der Waals surface area contributed by atoms with Gasteiger partial charge in [0.2, 0.25) is 0 Å². The fraction of sp³-hybridized carbons (Fsp3) is 0.118. The summed E-state index contributed by atoms with van der Waals surface area (Å²) in [6.07, 6.45) is -8.17. The van der Waals surface area contributed by atoms with E-state index in [1.165, 1.54) is 0 Å². The van der Waals surface area contributed by atoms with Crippen LogP contribution in [-0.2, 0) is 17.1 Å². The molecule has 0 saturated carbocycles. The number of rotatable bonds is 3. The predicted molar refractivity (Wildman–Crippen MR) is 80.2 cm³/mol. The Morgan fingerprint density at radius 3 is 1.32 bits per heavy atom. The van der Waals surface area contributed by atoms with Crippen LogP contribution in [0.15, 0.2) is 61.2 Å². The number of carbonyl (C=O) groups excluding carboxylic acids is 1. The van der Waals surface area contributed by atoms with Crippen LogP contribution in [0.25, 0.3) is 0 Å². The molecule has 132 valence electrons. The first kappa shape index (κ1) is 18.6. The lowest BCUT2D eigenvalue weighted by molar-refractivity contribution is -0.138. The van der Waals surface area contributed by atoms with Gasteiger partial charge in [0.1, 0.15) is 0 Å². The van der Waals surface area contributed by atoms with E-state index in [9.17, 15) is 31.1 Å². The van der Waals surface area contributed by atoms with E-state index in [-0.39, 0.29) is 11.4 Å². The Kier molecular flexibility index (Phi) is 4.92. The van der Waals surface area contributed by atoms with Gasteiger partial charge in [-0.2, -0.15) is 26.3 Å². The molecule has 0 heterocycles. The Labute approximate surface area is 139 Å². The van der Waals surface area contributed by atoms with Crippen LogP contribution in [0.5, 0.6) is 0 Å². The zero-order valence-corrected chi connectivity index (χ0v) is 12.5. The Morgan fingerprint density at radius 2 is 1.08 bits per heavy atom. The molecular formula is C17H11F6NO. The number of halogens is 6. The van der Waals surface area contributed by atoms with Crippen molar-refractivity contribution in [3.63, 3.8) is 0 Å². The lowest BCUT2D eigenvalue weighted by Crippen LogP contribution is -2.23. The molecule has 0 saturated heterocycles.